The number of methoxy groups -OCH3 is 1. The molecular weight excluding hydrogens is 435 g/mol. The van der Waals surface area contributed by atoms with Crippen molar-refractivity contribution in [2.75, 3.05) is 7.11 Å². The van der Waals surface area contributed by atoms with Crippen molar-refractivity contribution in [1.29, 1.82) is 0 Å². The van der Waals surface area contributed by atoms with Gasteiger partial charge in [-0.15, -0.1) is 0 Å². The second kappa shape index (κ2) is 6.48. The number of aromatic amines is 1. The van der Waals surface area contributed by atoms with E-state index in [2.05, 4.69) is 58.7 Å². The first-order valence-electron chi connectivity index (χ1n) is 7.25. The summed E-state index contributed by atoms with van der Waals surface area (Å²) >= 11 is 2.26. The number of H-pyrrole nitrogens is 1. The summed E-state index contributed by atoms with van der Waals surface area (Å²) in [5, 5.41) is 8.10. The topological polar surface area (TPSA) is 55.7 Å². The van der Waals surface area contributed by atoms with Crippen molar-refractivity contribution in [2.24, 2.45) is 0 Å². The van der Waals surface area contributed by atoms with Gasteiger partial charge in [-0.3, -0.25) is 9.07 Å². The van der Waals surface area contributed by atoms with Crippen LogP contribution in [0.3, 0.4) is 0 Å². The van der Waals surface area contributed by atoms with Crippen molar-refractivity contribution >= 4 is 41.4 Å². The van der Waals surface area contributed by atoms with Crippen molar-refractivity contribution < 1.29 is 4.74 Å². The predicted octanol–water partition coefficient (Wildman–Crippen LogP) is 4.95. The van der Waals surface area contributed by atoms with Crippen LogP contribution in [-0.2, 0) is 0 Å². The van der Waals surface area contributed by atoms with Crippen LogP contribution in [0.2, 0.25) is 0 Å². The number of nitrogens with zero attached hydrogens (tertiary/aromatic N) is 3. The zero-order chi connectivity index (χ0) is 16.5. The van der Waals surface area contributed by atoms with Crippen molar-refractivity contribution in [1.82, 2.24) is 19.2 Å². The second-order valence-corrected chi connectivity index (χ2v) is 6.92. The molecule has 120 valence electrons. The van der Waals surface area contributed by atoms with Crippen LogP contribution in [0.15, 0.2) is 55.0 Å². The molecule has 3 heterocycles. The Labute approximate surface area is 155 Å². The minimum atomic E-state index is 0.849. The largest absolute Gasteiger partial charge is 0.496 e. The number of hydrogen-bond donors (Lipinski definition) is 1. The first kappa shape index (κ1) is 15.5. The van der Waals surface area contributed by atoms with E-state index in [-0.39, 0.29) is 0 Å². The Bertz CT molecular complexity index is 997. The summed E-state index contributed by atoms with van der Waals surface area (Å²) in [4.78, 5) is 4.66. The molecule has 24 heavy (non-hydrogen) atoms. The van der Waals surface area contributed by atoms with Crippen molar-refractivity contribution in [3.63, 3.8) is 0 Å². The molecule has 0 aliphatic heterocycles. The highest BCUT2D eigenvalue weighted by atomic mass is 127. The Morgan fingerprint density at radius 2 is 2.08 bits per heavy atom. The van der Waals surface area contributed by atoms with Crippen LogP contribution in [-0.4, -0.2) is 26.3 Å². The zero-order valence-corrected chi connectivity index (χ0v) is 15.7. The molecule has 3 aromatic heterocycles. The van der Waals surface area contributed by atoms with Gasteiger partial charge in [0.25, 0.3) is 0 Å². The summed E-state index contributed by atoms with van der Waals surface area (Å²) in [6.07, 6.45) is 5.71. The summed E-state index contributed by atoms with van der Waals surface area (Å²) < 4.78 is 7.60. The highest BCUT2D eigenvalue weighted by Gasteiger charge is 2.16. The maximum atomic E-state index is 5.54. The molecule has 0 saturated carbocycles. The lowest BCUT2D eigenvalue weighted by atomic mass is 10.0. The summed E-state index contributed by atoms with van der Waals surface area (Å²) in [5.41, 5.74) is 5.04. The highest BCUT2D eigenvalue weighted by molar-refractivity contribution is 14.2. The van der Waals surface area contributed by atoms with Crippen molar-refractivity contribution in [3.05, 3.63) is 55.0 Å². The molecule has 0 atom stereocenters. The Morgan fingerprint density at radius 1 is 1.21 bits per heavy atom. The minimum Gasteiger partial charge on any atom is -0.496 e. The fraction of sp³-hybridized carbons (Fsp3) is 0.0588. The average Bonchev–Trinajstić information content (AvgIpc) is 3.29. The van der Waals surface area contributed by atoms with Gasteiger partial charge in [-0.2, -0.15) is 5.10 Å². The third-order valence-corrected chi connectivity index (χ3v) is 5.60. The van der Waals surface area contributed by atoms with E-state index in [1.807, 2.05) is 30.5 Å². The molecule has 0 spiro atoms. The number of ether oxygens (including phenoxy) is 1. The van der Waals surface area contributed by atoms with Gasteiger partial charge in [0.15, 0.2) is 5.65 Å². The van der Waals surface area contributed by atoms with Gasteiger partial charge in [0.2, 0.25) is 0 Å². The Morgan fingerprint density at radius 3 is 2.83 bits per heavy atom. The SMILES string of the molecule is COc1ccccc1-c1cn(SI)c2ncc(-c3ccn[nH]3)cc12. The van der Waals surface area contributed by atoms with E-state index in [0.717, 1.165) is 39.2 Å². The molecule has 5 nitrogen and oxygen atoms in total. The van der Waals surface area contributed by atoms with Gasteiger partial charge in [0.05, 0.1) is 12.8 Å². The molecule has 0 aliphatic carbocycles. The molecular formula is C17H13IN4OS. The van der Waals surface area contributed by atoms with Gasteiger partial charge in [0, 0.05) is 71.0 Å². The number of aromatic nitrogens is 4. The third-order valence-electron chi connectivity index (χ3n) is 3.90. The number of nitrogens with one attached hydrogen (secondary N) is 1. The fourth-order valence-electron chi connectivity index (χ4n) is 2.78. The summed E-state index contributed by atoms with van der Waals surface area (Å²) in [7, 11) is 3.29. The molecule has 0 bridgehead atoms. The highest BCUT2D eigenvalue weighted by Crippen LogP contribution is 2.39. The average molecular weight is 448 g/mol. The van der Waals surface area contributed by atoms with Gasteiger partial charge in [0.1, 0.15) is 5.75 Å². The van der Waals surface area contributed by atoms with Crippen LogP contribution in [0.5, 0.6) is 5.75 Å². The Balaban J connectivity index is 1.99. The summed E-state index contributed by atoms with van der Waals surface area (Å²) in [6, 6.07) is 12.1. The third kappa shape index (κ3) is 2.57. The van der Waals surface area contributed by atoms with Crippen LogP contribution < -0.4 is 4.74 Å². The minimum absolute atomic E-state index is 0.849. The number of fused-ring (bicyclic) bond motifs is 1. The molecule has 4 rings (SSSR count). The number of halogens is 1. The predicted molar refractivity (Wildman–Crippen MR) is 106 cm³/mol. The number of benzene rings is 1. The van der Waals surface area contributed by atoms with E-state index in [0.29, 0.717) is 0 Å². The number of pyridine rings is 1. The van der Waals surface area contributed by atoms with E-state index in [9.17, 15) is 0 Å². The van der Waals surface area contributed by atoms with Gasteiger partial charge < -0.3 is 4.74 Å². The molecule has 0 saturated heterocycles. The molecule has 0 fully saturated rings. The van der Waals surface area contributed by atoms with E-state index < -0.39 is 0 Å². The second-order valence-electron chi connectivity index (χ2n) is 5.20. The van der Waals surface area contributed by atoms with Crippen molar-refractivity contribution in [2.45, 2.75) is 0 Å². The van der Waals surface area contributed by atoms with Crippen LogP contribution >= 0.6 is 30.3 Å². The van der Waals surface area contributed by atoms with Gasteiger partial charge in [-0.05, 0) is 18.2 Å². The van der Waals surface area contributed by atoms with Gasteiger partial charge in [-0.25, -0.2) is 4.98 Å². The first-order chi connectivity index (χ1) is 11.8. The molecule has 0 amide bonds. The standard InChI is InChI=1S/C17H13IN4OS/c1-23-16-5-3-2-4-12(16)14-10-22(24-18)17-13(14)8-11(9-19-17)15-6-7-20-21-15/h2-10H,1H3,(H,20,21). The number of para-hydroxylation sites is 1. The molecule has 1 N–H and O–H groups in total. The lowest BCUT2D eigenvalue weighted by molar-refractivity contribution is 0.416. The molecule has 0 aliphatic rings. The van der Waals surface area contributed by atoms with Gasteiger partial charge in [-0.1, -0.05) is 18.2 Å². The van der Waals surface area contributed by atoms with Crippen LogP contribution in [0, 0.1) is 0 Å². The molecule has 4 aromatic rings. The lowest BCUT2D eigenvalue weighted by Gasteiger charge is -2.07. The number of hydrogen-bond acceptors (Lipinski definition) is 4. The van der Waals surface area contributed by atoms with E-state index >= 15 is 0 Å². The zero-order valence-electron chi connectivity index (χ0n) is 12.7. The normalized spacial score (nSPS) is 11.1. The summed E-state index contributed by atoms with van der Waals surface area (Å²) in [6.45, 7) is 0. The molecule has 7 heteroatoms. The maximum Gasteiger partial charge on any atom is 0.151 e. The van der Waals surface area contributed by atoms with Crippen LogP contribution in [0.1, 0.15) is 0 Å². The molecule has 0 radical (unpaired) electrons. The van der Waals surface area contributed by atoms with E-state index in [1.54, 1.807) is 22.4 Å². The number of rotatable bonds is 4. The lowest BCUT2D eigenvalue weighted by Crippen LogP contribution is -1.87. The van der Waals surface area contributed by atoms with Crippen molar-refractivity contribution in [3.8, 4) is 28.1 Å². The van der Waals surface area contributed by atoms with E-state index in [4.69, 9.17) is 4.74 Å². The smallest absolute Gasteiger partial charge is 0.151 e. The maximum absolute atomic E-state index is 5.54. The quantitative estimate of drug-likeness (QED) is 0.449. The van der Waals surface area contributed by atoms with Gasteiger partial charge >= 0.3 is 0 Å². The van der Waals surface area contributed by atoms with Crippen LogP contribution in [0.25, 0.3) is 33.4 Å². The Hall–Kier alpha value is -2.00. The summed E-state index contributed by atoms with van der Waals surface area (Å²) in [5.74, 6) is 0.849. The molecule has 0 unspecified atom stereocenters. The Kier molecular flexibility index (Phi) is 4.19. The first-order valence-corrected chi connectivity index (χ1v) is 10.6. The van der Waals surface area contributed by atoms with E-state index in [1.165, 1.54) is 0 Å². The molecule has 1 aromatic carbocycles. The monoisotopic (exact) mass is 448 g/mol. The van der Waals surface area contributed by atoms with Crippen LogP contribution in [0.4, 0.5) is 0 Å². The fourth-order valence-corrected chi connectivity index (χ4v) is 4.03.